The number of carbonyl (C=O) groups excluding carboxylic acids is 1. The van der Waals surface area contributed by atoms with E-state index in [9.17, 15) is 4.79 Å². The monoisotopic (exact) mass is 325 g/mol. The predicted molar refractivity (Wildman–Crippen MR) is 95.9 cm³/mol. The number of piperidine rings is 1. The van der Waals surface area contributed by atoms with Gasteiger partial charge >= 0.3 is 0 Å². The second kappa shape index (κ2) is 7.81. The molecular formula is C19H23N3O2. The number of benzene rings is 1. The smallest absolute Gasteiger partial charge is 0.274 e. The van der Waals surface area contributed by atoms with Crippen molar-refractivity contribution in [3.05, 3.63) is 48.3 Å². The van der Waals surface area contributed by atoms with Gasteiger partial charge < -0.3 is 15.0 Å². The summed E-state index contributed by atoms with van der Waals surface area (Å²) in [5.74, 6) is 0.596. The maximum Gasteiger partial charge on any atom is 0.274 e. The summed E-state index contributed by atoms with van der Waals surface area (Å²) in [4.78, 5) is 19.0. The summed E-state index contributed by atoms with van der Waals surface area (Å²) in [5, 5.41) is 2.88. The first kappa shape index (κ1) is 16.3. The first-order valence-corrected chi connectivity index (χ1v) is 8.51. The highest BCUT2D eigenvalue weighted by molar-refractivity contribution is 6.03. The summed E-state index contributed by atoms with van der Waals surface area (Å²) in [7, 11) is 0. The molecule has 1 aliphatic heterocycles. The topological polar surface area (TPSA) is 54.5 Å². The highest BCUT2D eigenvalue weighted by Crippen LogP contribution is 2.21. The fraction of sp³-hybridized carbons (Fsp3) is 0.368. The molecule has 0 atom stereocenters. The number of carbonyl (C=O) groups is 1. The van der Waals surface area contributed by atoms with Crippen LogP contribution in [0.5, 0.6) is 5.75 Å². The number of hydrogen-bond donors (Lipinski definition) is 1. The molecule has 0 radical (unpaired) electrons. The number of aromatic nitrogens is 1. The Morgan fingerprint density at radius 3 is 2.62 bits per heavy atom. The summed E-state index contributed by atoms with van der Waals surface area (Å²) >= 11 is 0. The van der Waals surface area contributed by atoms with Crippen LogP contribution in [-0.2, 0) is 0 Å². The fourth-order valence-electron chi connectivity index (χ4n) is 2.89. The van der Waals surface area contributed by atoms with E-state index in [1.807, 2.05) is 43.3 Å². The standard InChI is InChI=1S/C19H23N3O2/c1-2-24-17-8-6-15(7-9-17)21-19(23)18-14-16(10-11-20-18)22-12-4-3-5-13-22/h6-11,14H,2-5,12-13H2,1H3,(H,21,23). The highest BCUT2D eigenvalue weighted by atomic mass is 16.5. The number of pyridine rings is 1. The van der Waals surface area contributed by atoms with Crippen molar-refractivity contribution >= 4 is 17.3 Å². The first-order chi connectivity index (χ1) is 11.8. The number of hydrogen-bond acceptors (Lipinski definition) is 4. The molecular weight excluding hydrogens is 302 g/mol. The molecule has 0 saturated carbocycles. The Balaban J connectivity index is 1.68. The molecule has 1 aromatic carbocycles. The van der Waals surface area contributed by atoms with E-state index < -0.39 is 0 Å². The SMILES string of the molecule is CCOc1ccc(NC(=O)c2cc(N3CCCCC3)ccn2)cc1. The van der Waals surface area contributed by atoms with Gasteiger partial charge in [-0.2, -0.15) is 0 Å². The lowest BCUT2D eigenvalue weighted by atomic mass is 10.1. The zero-order valence-electron chi connectivity index (χ0n) is 14.0. The minimum Gasteiger partial charge on any atom is -0.494 e. The van der Waals surface area contributed by atoms with Gasteiger partial charge in [0, 0.05) is 30.7 Å². The molecule has 1 aromatic heterocycles. The lowest BCUT2D eigenvalue weighted by Crippen LogP contribution is -2.29. The molecule has 126 valence electrons. The maximum absolute atomic E-state index is 12.4. The first-order valence-electron chi connectivity index (χ1n) is 8.51. The molecule has 0 bridgehead atoms. The average Bonchev–Trinajstić information content (AvgIpc) is 2.64. The largest absolute Gasteiger partial charge is 0.494 e. The molecule has 1 aliphatic rings. The van der Waals surface area contributed by atoms with Crippen molar-refractivity contribution in [2.24, 2.45) is 0 Å². The lowest BCUT2D eigenvalue weighted by Gasteiger charge is -2.28. The molecule has 1 saturated heterocycles. The lowest BCUT2D eigenvalue weighted by molar-refractivity contribution is 0.102. The molecule has 1 N–H and O–H groups in total. The van der Waals surface area contributed by atoms with Crippen molar-refractivity contribution < 1.29 is 9.53 Å². The second-order valence-corrected chi connectivity index (χ2v) is 5.86. The van der Waals surface area contributed by atoms with Crippen molar-refractivity contribution in [1.82, 2.24) is 4.98 Å². The van der Waals surface area contributed by atoms with Gasteiger partial charge in [-0.3, -0.25) is 9.78 Å². The van der Waals surface area contributed by atoms with Gasteiger partial charge in [-0.05, 0) is 62.6 Å². The fourth-order valence-corrected chi connectivity index (χ4v) is 2.89. The number of amides is 1. The predicted octanol–water partition coefficient (Wildman–Crippen LogP) is 3.72. The third-order valence-corrected chi connectivity index (χ3v) is 4.12. The molecule has 5 nitrogen and oxygen atoms in total. The highest BCUT2D eigenvalue weighted by Gasteiger charge is 2.14. The summed E-state index contributed by atoms with van der Waals surface area (Å²) < 4.78 is 5.40. The third kappa shape index (κ3) is 4.04. The summed E-state index contributed by atoms with van der Waals surface area (Å²) in [6, 6.07) is 11.2. The van der Waals surface area contributed by atoms with E-state index >= 15 is 0 Å². The molecule has 24 heavy (non-hydrogen) atoms. The maximum atomic E-state index is 12.4. The molecule has 0 unspecified atom stereocenters. The molecule has 0 aliphatic carbocycles. The van der Waals surface area contributed by atoms with Crippen molar-refractivity contribution in [1.29, 1.82) is 0 Å². The molecule has 1 fully saturated rings. The van der Waals surface area contributed by atoms with Crippen molar-refractivity contribution in [2.75, 3.05) is 29.9 Å². The Bertz CT molecular complexity index is 679. The molecule has 5 heteroatoms. The Kier molecular flexibility index (Phi) is 5.31. The molecule has 1 amide bonds. The van der Waals surface area contributed by atoms with Gasteiger partial charge in [0.05, 0.1) is 6.61 Å². The van der Waals surface area contributed by atoms with Gasteiger partial charge in [0.15, 0.2) is 0 Å². The van der Waals surface area contributed by atoms with Crippen LogP contribution in [0.2, 0.25) is 0 Å². The number of ether oxygens (including phenoxy) is 1. The molecule has 0 spiro atoms. The summed E-state index contributed by atoms with van der Waals surface area (Å²) in [5.41, 5.74) is 2.24. The van der Waals surface area contributed by atoms with E-state index in [0.717, 1.165) is 30.2 Å². The quantitative estimate of drug-likeness (QED) is 0.910. The molecule has 2 heterocycles. The van der Waals surface area contributed by atoms with Crippen molar-refractivity contribution in [2.45, 2.75) is 26.2 Å². The van der Waals surface area contributed by atoms with Crippen molar-refractivity contribution in [3.8, 4) is 5.75 Å². The van der Waals surface area contributed by atoms with Crippen LogP contribution in [0.4, 0.5) is 11.4 Å². The van der Waals surface area contributed by atoms with Gasteiger partial charge in [-0.25, -0.2) is 0 Å². The van der Waals surface area contributed by atoms with Crippen LogP contribution in [0, 0.1) is 0 Å². The summed E-state index contributed by atoms with van der Waals surface area (Å²) in [6.45, 7) is 4.66. The van der Waals surface area contributed by atoms with Gasteiger partial charge in [-0.15, -0.1) is 0 Å². The van der Waals surface area contributed by atoms with Crippen LogP contribution in [0.25, 0.3) is 0 Å². The second-order valence-electron chi connectivity index (χ2n) is 5.86. The van der Waals surface area contributed by atoms with Crippen LogP contribution < -0.4 is 15.0 Å². The Labute approximate surface area is 142 Å². The average molecular weight is 325 g/mol. The van der Waals surface area contributed by atoms with Gasteiger partial charge in [0.1, 0.15) is 11.4 Å². The molecule has 2 aromatic rings. The van der Waals surface area contributed by atoms with E-state index in [1.165, 1.54) is 19.3 Å². The van der Waals surface area contributed by atoms with E-state index in [1.54, 1.807) is 6.20 Å². The number of nitrogens with zero attached hydrogens (tertiary/aromatic N) is 2. The van der Waals surface area contributed by atoms with E-state index in [0.29, 0.717) is 12.3 Å². The zero-order valence-corrected chi connectivity index (χ0v) is 14.0. The Morgan fingerprint density at radius 2 is 1.92 bits per heavy atom. The number of nitrogens with one attached hydrogen (secondary N) is 1. The van der Waals surface area contributed by atoms with Crippen LogP contribution in [-0.4, -0.2) is 30.6 Å². The van der Waals surface area contributed by atoms with Crippen LogP contribution in [0.15, 0.2) is 42.6 Å². The number of anilines is 2. The third-order valence-electron chi connectivity index (χ3n) is 4.12. The number of rotatable bonds is 5. The van der Waals surface area contributed by atoms with E-state index in [4.69, 9.17) is 4.74 Å². The normalized spacial score (nSPS) is 14.3. The van der Waals surface area contributed by atoms with E-state index in [2.05, 4.69) is 15.2 Å². The minimum atomic E-state index is -0.196. The Morgan fingerprint density at radius 1 is 1.17 bits per heavy atom. The van der Waals surface area contributed by atoms with Crippen LogP contribution >= 0.6 is 0 Å². The van der Waals surface area contributed by atoms with Gasteiger partial charge in [0.2, 0.25) is 0 Å². The van der Waals surface area contributed by atoms with Crippen LogP contribution in [0.3, 0.4) is 0 Å². The van der Waals surface area contributed by atoms with Crippen molar-refractivity contribution in [3.63, 3.8) is 0 Å². The van der Waals surface area contributed by atoms with E-state index in [-0.39, 0.29) is 5.91 Å². The van der Waals surface area contributed by atoms with Gasteiger partial charge in [-0.1, -0.05) is 0 Å². The summed E-state index contributed by atoms with van der Waals surface area (Å²) in [6.07, 6.45) is 5.40. The minimum absolute atomic E-state index is 0.196. The zero-order chi connectivity index (χ0) is 16.8. The van der Waals surface area contributed by atoms with Gasteiger partial charge in [0.25, 0.3) is 5.91 Å². The Hall–Kier alpha value is -2.56. The van der Waals surface area contributed by atoms with Crippen LogP contribution in [0.1, 0.15) is 36.7 Å². The molecule has 3 rings (SSSR count).